The standard InChI is InChI=1S/C20H18FNO3S/c1-15(16-7-9-17(21)10-8-16)22-26(23,24)20-13-11-19(12-14-20)25-18-5-3-2-4-6-18/h2-15,22H,1H3/t15-/m0/s1. The van der Waals surface area contributed by atoms with Gasteiger partial charge in [-0.2, -0.15) is 0 Å². The van der Waals surface area contributed by atoms with Crippen molar-refractivity contribution in [3.05, 3.63) is 90.2 Å². The van der Waals surface area contributed by atoms with Gasteiger partial charge in [0.15, 0.2) is 0 Å². The van der Waals surface area contributed by atoms with Gasteiger partial charge in [-0.15, -0.1) is 0 Å². The van der Waals surface area contributed by atoms with Gasteiger partial charge in [-0.1, -0.05) is 30.3 Å². The number of hydrogen-bond acceptors (Lipinski definition) is 3. The van der Waals surface area contributed by atoms with Gasteiger partial charge in [0.05, 0.1) is 4.90 Å². The molecule has 0 fully saturated rings. The van der Waals surface area contributed by atoms with Gasteiger partial charge in [-0.3, -0.25) is 0 Å². The zero-order valence-electron chi connectivity index (χ0n) is 14.1. The molecule has 4 nitrogen and oxygen atoms in total. The lowest BCUT2D eigenvalue weighted by molar-refractivity contribution is 0.482. The van der Waals surface area contributed by atoms with Gasteiger partial charge >= 0.3 is 0 Å². The molecule has 134 valence electrons. The van der Waals surface area contributed by atoms with E-state index in [4.69, 9.17) is 4.74 Å². The first-order valence-electron chi connectivity index (χ1n) is 8.05. The highest BCUT2D eigenvalue weighted by molar-refractivity contribution is 7.89. The number of ether oxygens (including phenoxy) is 1. The highest BCUT2D eigenvalue weighted by Gasteiger charge is 2.18. The summed E-state index contributed by atoms with van der Waals surface area (Å²) in [6, 6.07) is 20.6. The third-order valence-electron chi connectivity index (χ3n) is 3.81. The fourth-order valence-corrected chi connectivity index (χ4v) is 3.66. The van der Waals surface area contributed by atoms with E-state index >= 15 is 0 Å². The molecule has 0 bridgehead atoms. The van der Waals surface area contributed by atoms with Crippen molar-refractivity contribution in [1.82, 2.24) is 4.72 Å². The van der Waals surface area contributed by atoms with Gasteiger partial charge in [0.1, 0.15) is 17.3 Å². The van der Waals surface area contributed by atoms with Gasteiger partial charge in [0, 0.05) is 6.04 Å². The second kappa shape index (κ2) is 7.68. The number of nitrogens with one attached hydrogen (secondary N) is 1. The Labute approximate surface area is 152 Å². The minimum atomic E-state index is -3.71. The van der Waals surface area contributed by atoms with Gasteiger partial charge in [-0.05, 0) is 61.0 Å². The first-order chi connectivity index (χ1) is 12.4. The average molecular weight is 371 g/mol. The quantitative estimate of drug-likeness (QED) is 0.686. The summed E-state index contributed by atoms with van der Waals surface area (Å²) >= 11 is 0. The zero-order valence-corrected chi connectivity index (χ0v) is 14.9. The van der Waals surface area contributed by atoms with Crippen molar-refractivity contribution < 1.29 is 17.5 Å². The van der Waals surface area contributed by atoms with Gasteiger partial charge in [0.25, 0.3) is 0 Å². The molecular weight excluding hydrogens is 353 g/mol. The maximum Gasteiger partial charge on any atom is 0.241 e. The maximum absolute atomic E-state index is 13.0. The van der Waals surface area contributed by atoms with Crippen LogP contribution >= 0.6 is 0 Å². The molecule has 26 heavy (non-hydrogen) atoms. The lowest BCUT2D eigenvalue weighted by atomic mass is 10.1. The number of hydrogen-bond donors (Lipinski definition) is 1. The van der Waals surface area contributed by atoms with Crippen LogP contribution in [0.3, 0.4) is 0 Å². The van der Waals surface area contributed by atoms with Crippen molar-refractivity contribution in [2.75, 3.05) is 0 Å². The third kappa shape index (κ3) is 4.47. The smallest absolute Gasteiger partial charge is 0.241 e. The number of rotatable bonds is 6. The molecule has 0 aliphatic heterocycles. The highest BCUT2D eigenvalue weighted by Crippen LogP contribution is 2.23. The topological polar surface area (TPSA) is 55.4 Å². The summed E-state index contributed by atoms with van der Waals surface area (Å²) < 4.78 is 46.3. The fourth-order valence-electron chi connectivity index (χ4n) is 2.43. The SMILES string of the molecule is C[C@H](NS(=O)(=O)c1ccc(Oc2ccccc2)cc1)c1ccc(F)cc1. The van der Waals surface area contributed by atoms with Crippen molar-refractivity contribution in [1.29, 1.82) is 0 Å². The molecule has 1 atom stereocenters. The van der Waals surface area contributed by atoms with E-state index < -0.39 is 16.1 Å². The Morgan fingerprint density at radius 3 is 2.04 bits per heavy atom. The summed E-state index contributed by atoms with van der Waals surface area (Å²) in [6.07, 6.45) is 0. The lowest BCUT2D eigenvalue weighted by Gasteiger charge is -2.15. The van der Waals surface area contributed by atoms with Crippen LogP contribution in [0, 0.1) is 5.82 Å². The molecule has 0 aliphatic carbocycles. The summed E-state index contributed by atoms with van der Waals surface area (Å²) in [5.74, 6) is 0.853. The van der Waals surface area contributed by atoms with Crippen LogP contribution in [0.2, 0.25) is 0 Å². The van der Waals surface area contributed by atoms with Crippen LogP contribution in [0.25, 0.3) is 0 Å². The number of sulfonamides is 1. The molecule has 0 saturated heterocycles. The van der Waals surface area contributed by atoms with E-state index in [-0.39, 0.29) is 10.7 Å². The molecule has 0 heterocycles. The lowest BCUT2D eigenvalue weighted by Crippen LogP contribution is -2.26. The Morgan fingerprint density at radius 2 is 1.42 bits per heavy atom. The fraction of sp³-hybridized carbons (Fsp3) is 0.100. The van der Waals surface area contributed by atoms with E-state index in [1.54, 1.807) is 31.2 Å². The van der Waals surface area contributed by atoms with E-state index in [0.717, 1.165) is 0 Å². The van der Waals surface area contributed by atoms with E-state index in [1.165, 1.54) is 24.3 Å². The molecular formula is C20H18FNO3S. The molecule has 3 aromatic rings. The normalized spacial score (nSPS) is 12.5. The van der Waals surface area contributed by atoms with Crippen molar-refractivity contribution in [3.63, 3.8) is 0 Å². The molecule has 0 amide bonds. The van der Waals surface area contributed by atoms with Crippen LogP contribution in [0.5, 0.6) is 11.5 Å². The Hall–Kier alpha value is -2.70. The van der Waals surface area contributed by atoms with Crippen LogP contribution in [-0.2, 0) is 10.0 Å². The zero-order chi connectivity index (χ0) is 18.6. The molecule has 0 aromatic heterocycles. The molecule has 6 heteroatoms. The molecule has 0 aliphatic rings. The van der Waals surface area contributed by atoms with Crippen LogP contribution in [0.4, 0.5) is 4.39 Å². The summed E-state index contributed by atoms with van der Waals surface area (Å²) in [6.45, 7) is 1.71. The van der Waals surface area contributed by atoms with Crippen molar-refractivity contribution in [3.8, 4) is 11.5 Å². The number of halogens is 1. The Kier molecular flexibility index (Phi) is 5.35. The van der Waals surface area contributed by atoms with E-state index in [1.807, 2.05) is 30.3 Å². The third-order valence-corrected chi connectivity index (χ3v) is 5.37. The predicted octanol–water partition coefficient (Wildman–Crippen LogP) is 4.66. The molecule has 3 aromatic carbocycles. The molecule has 1 N–H and O–H groups in total. The number of benzene rings is 3. The van der Waals surface area contributed by atoms with Crippen molar-refractivity contribution >= 4 is 10.0 Å². The molecule has 0 saturated carbocycles. The average Bonchev–Trinajstić information content (AvgIpc) is 2.63. The van der Waals surface area contributed by atoms with E-state index in [0.29, 0.717) is 17.1 Å². The minimum Gasteiger partial charge on any atom is -0.457 e. The first kappa shape index (κ1) is 18.1. The molecule has 3 rings (SSSR count). The predicted molar refractivity (Wildman–Crippen MR) is 98.1 cm³/mol. The van der Waals surface area contributed by atoms with Gasteiger partial charge in [-0.25, -0.2) is 17.5 Å². The van der Waals surface area contributed by atoms with Gasteiger partial charge in [0.2, 0.25) is 10.0 Å². The second-order valence-corrected chi connectivity index (χ2v) is 7.50. The molecule has 0 spiro atoms. The van der Waals surface area contributed by atoms with E-state index in [2.05, 4.69) is 4.72 Å². The second-order valence-electron chi connectivity index (χ2n) is 5.78. The van der Waals surface area contributed by atoms with Crippen LogP contribution in [-0.4, -0.2) is 8.42 Å². The number of para-hydroxylation sites is 1. The first-order valence-corrected chi connectivity index (χ1v) is 9.53. The van der Waals surface area contributed by atoms with E-state index in [9.17, 15) is 12.8 Å². The summed E-state index contributed by atoms with van der Waals surface area (Å²) in [5, 5.41) is 0. The van der Waals surface area contributed by atoms with Crippen LogP contribution in [0.1, 0.15) is 18.5 Å². The van der Waals surface area contributed by atoms with Crippen LogP contribution < -0.4 is 9.46 Å². The minimum absolute atomic E-state index is 0.131. The monoisotopic (exact) mass is 371 g/mol. The Bertz CT molecular complexity index is 956. The highest BCUT2D eigenvalue weighted by atomic mass is 32.2. The summed E-state index contributed by atoms with van der Waals surface area (Å²) in [5.41, 5.74) is 0.680. The Balaban J connectivity index is 1.71. The van der Waals surface area contributed by atoms with Crippen molar-refractivity contribution in [2.24, 2.45) is 0 Å². The van der Waals surface area contributed by atoms with Gasteiger partial charge < -0.3 is 4.74 Å². The van der Waals surface area contributed by atoms with Crippen molar-refractivity contribution in [2.45, 2.75) is 17.9 Å². The largest absolute Gasteiger partial charge is 0.457 e. The maximum atomic E-state index is 13.0. The van der Waals surface area contributed by atoms with Crippen LogP contribution in [0.15, 0.2) is 83.8 Å². The summed E-state index contributed by atoms with van der Waals surface area (Å²) in [4.78, 5) is 0.131. The summed E-state index contributed by atoms with van der Waals surface area (Å²) in [7, 11) is -3.71. The Morgan fingerprint density at radius 1 is 0.846 bits per heavy atom. The molecule has 0 unspecified atom stereocenters. The molecule has 0 radical (unpaired) electrons.